The second-order valence-electron chi connectivity index (χ2n) is 7.34. The van der Waals surface area contributed by atoms with Crippen LogP contribution >= 0.6 is 12.2 Å². The number of hydrogen-bond donors (Lipinski definition) is 2. The van der Waals surface area contributed by atoms with E-state index in [2.05, 4.69) is 10.6 Å². The van der Waals surface area contributed by atoms with Crippen LogP contribution in [0.4, 0.5) is 10.1 Å². The second kappa shape index (κ2) is 11.0. The standard InChI is InChI=1S/C24H26FN3O4S/c1-4-28-15(2)20(23(30)32-13-12-31-3)21(27-24(28)33)16-8-10-19(11-9-16)26-22(29)17-6-5-7-18(25)14-17/h5-11,14,21H,4,12-13H2,1-3H3,(H,26,29)(H,27,33). The van der Waals surface area contributed by atoms with Crippen molar-refractivity contribution in [3.8, 4) is 0 Å². The number of carbonyl (C=O) groups excluding carboxylic acids is 2. The molecular weight excluding hydrogens is 445 g/mol. The third kappa shape index (κ3) is 5.74. The summed E-state index contributed by atoms with van der Waals surface area (Å²) >= 11 is 5.49. The molecule has 0 bridgehead atoms. The number of benzene rings is 2. The molecule has 1 amide bonds. The molecule has 33 heavy (non-hydrogen) atoms. The van der Waals surface area contributed by atoms with Crippen molar-refractivity contribution in [3.63, 3.8) is 0 Å². The molecule has 0 aromatic heterocycles. The van der Waals surface area contributed by atoms with Crippen LogP contribution in [0.25, 0.3) is 0 Å². The molecule has 0 radical (unpaired) electrons. The van der Waals surface area contributed by atoms with Gasteiger partial charge in [0.25, 0.3) is 5.91 Å². The van der Waals surface area contributed by atoms with Crippen LogP contribution in [0.3, 0.4) is 0 Å². The van der Waals surface area contributed by atoms with E-state index in [-0.39, 0.29) is 12.2 Å². The maximum Gasteiger partial charge on any atom is 0.338 e. The highest BCUT2D eigenvalue weighted by Gasteiger charge is 2.34. The Morgan fingerprint density at radius 1 is 1.18 bits per heavy atom. The summed E-state index contributed by atoms with van der Waals surface area (Å²) in [5.41, 5.74) is 2.70. The van der Waals surface area contributed by atoms with Gasteiger partial charge in [0, 0.05) is 30.6 Å². The number of amides is 1. The first-order chi connectivity index (χ1) is 15.8. The SMILES string of the molecule is CCN1C(=S)NC(c2ccc(NC(=O)c3cccc(F)c3)cc2)C(C(=O)OCCOC)=C1C. The van der Waals surface area contributed by atoms with Gasteiger partial charge in [-0.3, -0.25) is 4.79 Å². The number of hydrogen-bond acceptors (Lipinski definition) is 5. The lowest BCUT2D eigenvalue weighted by molar-refractivity contribution is -0.140. The van der Waals surface area contributed by atoms with Crippen LogP contribution in [0.15, 0.2) is 59.8 Å². The van der Waals surface area contributed by atoms with Crippen molar-refractivity contribution < 1.29 is 23.5 Å². The van der Waals surface area contributed by atoms with Gasteiger partial charge in [-0.05, 0) is 62.0 Å². The monoisotopic (exact) mass is 471 g/mol. The highest BCUT2D eigenvalue weighted by molar-refractivity contribution is 7.80. The predicted octanol–water partition coefficient (Wildman–Crippen LogP) is 3.79. The van der Waals surface area contributed by atoms with Gasteiger partial charge in [-0.25, -0.2) is 9.18 Å². The number of esters is 1. The summed E-state index contributed by atoms with van der Waals surface area (Å²) in [7, 11) is 1.54. The quantitative estimate of drug-likeness (QED) is 0.344. The fraction of sp³-hybridized carbons (Fsp3) is 0.292. The lowest BCUT2D eigenvalue weighted by atomic mass is 9.95. The van der Waals surface area contributed by atoms with Crippen molar-refractivity contribution in [2.45, 2.75) is 19.9 Å². The summed E-state index contributed by atoms with van der Waals surface area (Å²) < 4.78 is 23.7. The van der Waals surface area contributed by atoms with Crippen LogP contribution in [0.1, 0.15) is 35.8 Å². The number of halogens is 1. The average Bonchev–Trinajstić information content (AvgIpc) is 2.79. The van der Waals surface area contributed by atoms with Gasteiger partial charge in [-0.15, -0.1) is 0 Å². The van der Waals surface area contributed by atoms with Gasteiger partial charge >= 0.3 is 5.97 Å². The topological polar surface area (TPSA) is 79.9 Å². The third-order valence-corrected chi connectivity index (χ3v) is 5.58. The van der Waals surface area contributed by atoms with Crippen LogP contribution in [-0.2, 0) is 14.3 Å². The van der Waals surface area contributed by atoms with Crippen LogP contribution in [-0.4, -0.2) is 48.8 Å². The Balaban J connectivity index is 1.83. The van der Waals surface area contributed by atoms with E-state index < -0.39 is 23.7 Å². The van der Waals surface area contributed by atoms with E-state index in [1.165, 1.54) is 31.4 Å². The highest BCUT2D eigenvalue weighted by atomic mass is 32.1. The predicted molar refractivity (Wildman–Crippen MR) is 127 cm³/mol. The van der Waals surface area contributed by atoms with Crippen LogP contribution in [0.5, 0.6) is 0 Å². The molecule has 0 fully saturated rings. The zero-order chi connectivity index (χ0) is 24.0. The first-order valence-electron chi connectivity index (χ1n) is 10.5. The lowest BCUT2D eigenvalue weighted by Gasteiger charge is -2.37. The minimum atomic E-state index is -0.511. The summed E-state index contributed by atoms with van der Waals surface area (Å²) in [6.07, 6.45) is 0. The number of carbonyl (C=O) groups is 2. The van der Waals surface area contributed by atoms with Gasteiger partial charge in [-0.2, -0.15) is 0 Å². The molecule has 9 heteroatoms. The fourth-order valence-corrected chi connectivity index (χ4v) is 3.95. The van der Waals surface area contributed by atoms with E-state index in [1.54, 1.807) is 24.3 Å². The van der Waals surface area contributed by atoms with Crippen LogP contribution < -0.4 is 10.6 Å². The van der Waals surface area contributed by atoms with E-state index in [9.17, 15) is 14.0 Å². The molecule has 1 atom stereocenters. The lowest BCUT2D eigenvalue weighted by Crippen LogP contribution is -2.47. The first kappa shape index (κ1) is 24.3. The number of ether oxygens (including phenoxy) is 2. The maximum atomic E-state index is 13.4. The summed E-state index contributed by atoms with van der Waals surface area (Å²) in [5, 5.41) is 6.47. The third-order valence-electron chi connectivity index (χ3n) is 5.24. The number of rotatable bonds is 8. The summed E-state index contributed by atoms with van der Waals surface area (Å²) in [6, 6.07) is 12.0. The summed E-state index contributed by atoms with van der Waals surface area (Å²) in [4.78, 5) is 27.1. The van der Waals surface area contributed by atoms with E-state index >= 15 is 0 Å². The molecule has 0 aliphatic carbocycles. The average molecular weight is 472 g/mol. The molecule has 1 aliphatic rings. The summed E-state index contributed by atoms with van der Waals surface area (Å²) in [6.45, 7) is 4.82. The molecule has 174 valence electrons. The van der Waals surface area contributed by atoms with Crippen molar-refractivity contribution in [2.75, 3.05) is 32.2 Å². The Hall–Kier alpha value is -3.30. The summed E-state index contributed by atoms with van der Waals surface area (Å²) in [5.74, 6) is -1.35. The van der Waals surface area contributed by atoms with Crippen LogP contribution in [0, 0.1) is 5.82 Å². The van der Waals surface area contributed by atoms with Crippen molar-refractivity contribution in [1.29, 1.82) is 0 Å². The van der Waals surface area contributed by atoms with Crippen molar-refractivity contribution >= 4 is 34.9 Å². The van der Waals surface area contributed by atoms with Gasteiger partial charge in [0.1, 0.15) is 12.4 Å². The number of methoxy groups -OCH3 is 1. The van der Waals surface area contributed by atoms with E-state index in [0.29, 0.717) is 29.5 Å². The molecular formula is C24H26FN3O4S. The Morgan fingerprint density at radius 2 is 1.91 bits per heavy atom. The Morgan fingerprint density at radius 3 is 2.55 bits per heavy atom. The molecule has 2 aromatic rings. The Labute approximate surface area is 197 Å². The highest BCUT2D eigenvalue weighted by Crippen LogP contribution is 2.32. The van der Waals surface area contributed by atoms with Crippen molar-refractivity contribution in [3.05, 3.63) is 76.7 Å². The first-order valence-corrected chi connectivity index (χ1v) is 10.9. The fourth-order valence-electron chi connectivity index (χ4n) is 3.56. The van der Waals surface area contributed by atoms with Crippen molar-refractivity contribution in [1.82, 2.24) is 10.2 Å². The number of nitrogens with zero attached hydrogens (tertiary/aromatic N) is 1. The zero-order valence-electron chi connectivity index (χ0n) is 18.7. The minimum Gasteiger partial charge on any atom is -0.460 e. The molecule has 0 saturated heterocycles. The zero-order valence-corrected chi connectivity index (χ0v) is 19.5. The number of allylic oxidation sites excluding steroid dienone is 1. The van der Waals surface area contributed by atoms with Gasteiger partial charge in [0.2, 0.25) is 0 Å². The van der Waals surface area contributed by atoms with Crippen LogP contribution in [0.2, 0.25) is 0 Å². The molecule has 2 N–H and O–H groups in total. The van der Waals surface area contributed by atoms with Gasteiger partial charge in [0.05, 0.1) is 18.2 Å². The maximum absolute atomic E-state index is 13.4. The van der Waals surface area contributed by atoms with Gasteiger partial charge < -0.3 is 25.0 Å². The smallest absolute Gasteiger partial charge is 0.338 e. The van der Waals surface area contributed by atoms with E-state index in [4.69, 9.17) is 21.7 Å². The molecule has 3 rings (SSSR count). The largest absolute Gasteiger partial charge is 0.460 e. The number of nitrogens with one attached hydrogen (secondary N) is 2. The molecule has 7 nitrogen and oxygen atoms in total. The molecule has 1 unspecified atom stereocenters. The normalized spacial score (nSPS) is 15.8. The Bertz CT molecular complexity index is 1070. The van der Waals surface area contributed by atoms with Gasteiger partial charge in [-0.1, -0.05) is 18.2 Å². The molecule has 1 heterocycles. The minimum absolute atomic E-state index is 0.139. The second-order valence-corrected chi connectivity index (χ2v) is 7.73. The molecule has 0 spiro atoms. The Kier molecular flexibility index (Phi) is 8.13. The van der Waals surface area contributed by atoms with Gasteiger partial charge in [0.15, 0.2) is 5.11 Å². The van der Waals surface area contributed by atoms with E-state index in [1.807, 2.05) is 18.7 Å². The molecule has 0 saturated carbocycles. The van der Waals surface area contributed by atoms with Crippen molar-refractivity contribution in [2.24, 2.45) is 0 Å². The number of anilines is 1. The molecule has 1 aliphatic heterocycles. The number of thiocarbonyl (C=S) groups is 1. The van der Waals surface area contributed by atoms with E-state index in [0.717, 1.165) is 11.3 Å². The molecule has 2 aromatic carbocycles.